The van der Waals surface area contributed by atoms with Crippen molar-refractivity contribution in [3.63, 3.8) is 0 Å². The first-order valence-corrected chi connectivity index (χ1v) is 11.9. The van der Waals surface area contributed by atoms with Crippen LogP contribution < -0.4 is 0 Å². The molecule has 2 atom stereocenters. The number of hydrogen-bond acceptors (Lipinski definition) is 4. The first-order chi connectivity index (χ1) is 16.8. The third kappa shape index (κ3) is 6.87. The number of rotatable bonds is 13. The Morgan fingerprint density at radius 2 is 1.21 bits per heavy atom. The van der Waals surface area contributed by atoms with E-state index < -0.39 is 5.60 Å². The molecular formula is C30H34O4. The van der Waals surface area contributed by atoms with Crippen LogP contribution in [0.1, 0.15) is 29.5 Å². The van der Waals surface area contributed by atoms with Gasteiger partial charge in [0.2, 0.25) is 0 Å². The third-order valence-corrected chi connectivity index (χ3v) is 6.10. The summed E-state index contributed by atoms with van der Waals surface area (Å²) in [6.45, 7) is 6.25. The first-order valence-electron chi connectivity index (χ1n) is 11.9. The summed E-state index contributed by atoms with van der Waals surface area (Å²) in [5.74, 6) is 0. The average Bonchev–Trinajstić information content (AvgIpc) is 3.22. The monoisotopic (exact) mass is 458 g/mol. The zero-order valence-electron chi connectivity index (χ0n) is 19.7. The number of benzene rings is 3. The van der Waals surface area contributed by atoms with Crippen LogP contribution in [0.4, 0.5) is 0 Å². The van der Waals surface area contributed by atoms with E-state index in [1.54, 1.807) is 0 Å². The summed E-state index contributed by atoms with van der Waals surface area (Å²) < 4.78 is 25.5. The van der Waals surface area contributed by atoms with Crippen molar-refractivity contribution in [1.29, 1.82) is 0 Å². The molecule has 1 aliphatic heterocycles. The molecule has 34 heavy (non-hydrogen) atoms. The minimum absolute atomic E-state index is 0.0268. The van der Waals surface area contributed by atoms with E-state index in [1.807, 2.05) is 60.7 Å². The number of hydrogen-bond donors (Lipinski definition) is 0. The lowest BCUT2D eigenvalue weighted by atomic mass is 9.97. The van der Waals surface area contributed by atoms with Crippen molar-refractivity contribution in [1.82, 2.24) is 0 Å². The summed E-state index contributed by atoms with van der Waals surface area (Å²) in [6.07, 6.45) is 3.33. The Labute approximate surface area is 203 Å². The van der Waals surface area contributed by atoms with Gasteiger partial charge in [0, 0.05) is 6.42 Å². The molecule has 0 N–H and O–H groups in total. The second-order valence-corrected chi connectivity index (χ2v) is 8.81. The second-order valence-electron chi connectivity index (χ2n) is 8.81. The van der Waals surface area contributed by atoms with Gasteiger partial charge in [-0.05, 0) is 23.1 Å². The standard InChI is InChI=1S/C30H34O4/c1-2-12-28-19-29(33-22-27-17-10-5-11-18-27)30(34-28,23-31-20-25-13-6-3-7-14-25)24-32-21-26-15-8-4-9-16-26/h2-11,13-18,28-29H,1,12,19-24H2/t28-,29-/m0/s1. The topological polar surface area (TPSA) is 36.9 Å². The molecule has 1 fully saturated rings. The predicted molar refractivity (Wildman–Crippen MR) is 134 cm³/mol. The summed E-state index contributed by atoms with van der Waals surface area (Å²) in [5, 5.41) is 0. The van der Waals surface area contributed by atoms with Gasteiger partial charge in [-0.3, -0.25) is 0 Å². The van der Waals surface area contributed by atoms with E-state index in [0.717, 1.165) is 29.5 Å². The Balaban J connectivity index is 1.47. The molecule has 0 unspecified atom stereocenters. The van der Waals surface area contributed by atoms with Gasteiger partial charge in [0.1, 0.15) is 5.60 Å². The molecule has 4 nitrogen and oxygen atoms in total. The lowest BCUT2D eigenvalue weighted by molar-refractivity contribution is -0.175. The zero-order chi connectivity index (χ0) is 23.5. The van der Waals surface area contributed by atoms with Gasteiger partial charge in [0.25, 0.3) is 0 Å². The van der Waals surface area contributed by atoms with Gasteiger partial charge < -0.3 is 18.9 Å². The maximum Gasteiger partial charge on any atom is 0.141 e. The highest BCUT2D eigenvalue weighted by Crippen LogP contribution is 2.36. The highest BCUT2D eigenvalue weighted by molar-refractivity contribution is 5.15. The Morgan fingerprint density at radius 1 is 0.735 bits per heavy atom. The van der Waals surface area contributed by atoms with Crippen molar-refractivity contribution >= 4 is 0 Å². The molecule has 0 saturated carbocycles. The predicted octanol–water partition coefficient (Wildman–Crippen LogP) is 6.11. The molecule has 0 bridgehead atoms. The van der Waals surface area contributed by atoms with Crippen molar-refractivity contribution < 1.29 is 18.9 Å². The minimum atomic E-state index is -0.688. The maximum absolute atomic E-state index is 6.62. The Morgan fingerprint density at radius 3 is 1.68 bits per heavy atom. The molecule has 0 amide bonds. The van der Waals surface area contributed by atoms with Gasteiger partial charge in [-0.15, -0.1) is 6.58 Å². The molecule has 4 heteroatoms. The van der Waals surface area contributed by atoms with E-state index in [9.17, 15) is 0 Å². The van der Waals surface area contributed by atoms with Gasteiger partial charge in [0.15, 0.2) is 0 Å². The van der Waals surface area contributed by atoms with Crippen molar-refractivity contribution in [3.8, 4) is 0 Å². The van der Waals surface area contributed by atoms with Crippen molar-refractivity contribution in [2.24, 2.45) is 0 Å². The fourth-order valence-electron chi connectivity index (χ4n) is 4.36. The molecule has 4 rings (SSSR count). The third-order valence-electron chi connectivity index (χ3n) is 6.10. The highest BCUT2D eigenvalue weighted by Gasteiger charge is 2.50. The lowest BCUT2D eigenvalue weighted by Crippen LogP contribution is -2.49. The maximum atomic E-state index is 6.62. The van der Waals surface area contributed by atoms with E-state index in [1.165, 1.54) is 0 Å². The van der Waals surface area contributed by atoms with Gasteiger partial charge in [-0.1, -0.05) is 97.1 Å². The second kappa shape index (κ2) is 12.6. The molecule has 0 spiro atoms. The van der Waals surface area contributed by atoms with Crippen LogP contribution in [0.3, 0.4) is 0 Å². The molecule has 3 aromatic rings. The van der Waals surface area contributed by atoms with E-state index in [4.69, 9.17) is 18.9 Å². The summed E-state index contributed by atoms with van der Waals surface area (Å²) in [6, 6.07) is 30.6. The summed E-state index contributed by atoms with van der Waals surface area (Å²) in [7, 11) is 0. The van der Waals surface area contributed by atoms with Crippen LogP contribution in [0.15, 0.2) is 104 Å². The zero-order valence-corrected chi connectivity index (χ0v) is 19.7. The largest absolute Gasteiger partial charge is 0.374 e. The molecule has 178 valence electrons. The summed E-state index contributed by atoms with van der Waals surface area (Å²) >= 11 is 0. The molecule has 0 aromatic heterocycles. The van der Waals surface area contributed by atoms with Gasteiger partial charge in [-0.25, -0.2) is 0 Å². The van der Waals surface area contributed by atoms with Crippen LogP contribution in [0.25, 0.3) is 0 Å². The quantitative estimate of drug-likeness (QED) is 0.290. The normalized spacial score (nSPS) is 19.2. The van der Waals surface area contributed by atoms with Crippen LogP contribution in [-0.2, 0) is 38.8 Å². The van der Waals surface area contributed by atoms with E-state index in [0.29, 0.717) is 33.0 Å². The smallest absolute Gasteiger partial charge is 0.141 e. The van der Waals surface area contributed by atoms with Gasteiger partial charge >= 0.3 is 0 Å². The molecule has 1 aliphatic rings. The van der Waals surface area contributed by atoms with Crippen molar-refractivity contribution in [2.45, 2.75) is 50.5 Å². The minimum Gasteiger partial charge on any atom is -0.374 e. The highest BCUT2D eigenvalue weighted by atomic mass is 16.6. The summed E-state index contributed by atoms with van der Waals surface area (Å²) in [4.78, 5) is 0. The van der Waals surface area contributed by atoms with Crippen LogP contribution in [0.5, 0.6) is 0 Å². The average molecular weight is 459 g/mol. The molecule has 1 saturated heterocycles. The van der Waals surface area contributed by atoms with E-state index in [-0.39, 0.29) is 12.2 Å². The van der Waals surface area contributed by atoms with Crippen molar-refractivity contribution in [3.05, 3.63) is 120 Å². The van der Waals surface area contributed by atoms with E-state index in [2.05, 4.69) is 43.0 Å². The van der Waals surface area contributed by atoms with Crippen LogP contribution >= 0.6 is 0 Å². The molecule has 1 heterocycles. The van der Waals surface area contributed by atoms with Crippen LogP contribution in [0, 0.1) is 0 Å². The SMILES string of the molecule is C=CC[C@H]1C[C@H](OCc2ccccc2)C(COCc2ccccc2)(COCc2ccccc2)O1. The Bertz CT molecular complexity index is 929. The molecule has 3 aromatic carbocycles. The Hall–Kier alpha value is -2.76. The van der Waals surface area contributed by atoms with Gasteiger partial charge in [-0.2, -0.15) is 0 Å². The molecule has 0 radical (unpaired) electrons. The van der Waals surface area contributed by atoms with Crippen molar-refractivity contribution in [2.75, 3.05) is 13.2 Å². The Kier molecular flexibility index (Phi) is 9.05. The first kappa shape index (κ1) is 24.4. The summed E-state index contributed by atoms with van der Waals surface area (Å²) in [5.41, 5.74) is 2.71. The molecular weight excluding hydrogens is 424 g/mol. The lowest BCUT2D eigenvalue weighted by Gasteiger charge is -2.34. The van der Waals surface area contributed by atoms with Gasteiger partial charge in [0.05, 0.1) is 45.2 Å². The number of ether oxygens (including phenoxy) is 4. The van der Waals surface area contributed by atoms with E-state index >= 15 is 0 Å². The fourth-order valence-corrected chi connectivity index (χ4v) is 4.36. The fraction of sp³-hybridized carbons (Fsp3) is 0.333. The van der Waals surface area contributed by atoms with Crippen LogP contribution in [0.2, 0.25) is 0 Å². The van der Waals surface area contributed by atoms with Crippen LogP contribution in [-0.4, -0.2) is 31.0 Å². The molecule has 0 aliphatic carbocycles.